The predicted octanol–water partition coefficient (Wildman–Crippen LogP) is 10.9. The van der Waals surface area contributed by atoms with Gasteiger partial charge in [-0.3, -0.25) is 0 Å². The molecule has 0 saturated carbocycles. The van der Waals surface area contributed by atoms with Crippen LogP contribution in [0.4, 0.5) is 5.69 Å². The van der Waals surface area contributed by atoms with E-state index < -0.39 is 0 Å². The number of allylic oxidation sites excluding steroid dienone is 6. The molecule has 0 spiro atoms. The summed E-state index contributed by atoms with van der Waals surface area (Å²) in [5.41, 5.74) is 11.9. The van der Waals surface area contributed by atoms with Gasteiger partial charge in [0.2, 0.25) is 0 Å². The van der Waals surface area contributed by atoms with E-state index in [0.29, 0.717) is 23.2 Å². The largest absolute Gasteiger partial charge is 0.357 e. The second kappa shape index (κ2) is 13.3. The number of rotatable bonds is 9. The minimum absolute atomic E-state index is 0.314. The van der Waals surface area contributed by atoms with Gasteiger partial charge in [0.25, 0.3) is 0 Å². The van der Waals surface area contributed by atoms with Gasteiger partial charge in [0.05, 0.1) is 39.2 Å². The summed E-state index contributed by atoms with van der Waals surface area (Å²) in [5, 5.41) is 26.8. The smallest absolute Gasteiger partial charge is 0.103 e. The summed E-state index contributed by atoms with van der Waals surface area (Å²) in [7, 11) is 0. The Balaban J connectivity index is 1.51. The maximum Gasteiger partial charge on any atom is 0.103 e. The van der Waals surface area contributed by atoms with Crippen LogP contribution in [0, 0.1) is 22.7 Å². The van der Waals surface area contributed by atoms with E-state index in [0.717, 1.165) is 52.1 Å². The Labute approximate surface area is 287 Å². The number of nitrogens with zero attached hydrogens (tertiary/aromatic N) is 4. The summed E-state index contributed by atoms with van der Waals surface area (Å²) >= 11 is 0. The second-order valence-electron chi connectivity index (χ2n) is 11.9. The summed E-state index contributed by atoms with van der Waals surface area (Å²) in [5.74, 6) is 0. The van der Waals surface area contributed by atoms with Crippen molar-refractivity contribution in [3.8, 4) is 23.5 Å². The molecule has 0 fully saturated rings. The Bertz CT molecular complexity index is 2450. The van der Waals surface area contributed by atoms with E-state index in [1.165, 1.54) is 27.7 Å². The fraction of sp³-hybridized carbons (Fsp3) is 0.0909. The molecule has 2 heterocycles. The normalized spacial score (nSPS) is 12.8. The summed E-state index contributed by atoms with van der Waals surface area (Å²) < 4.78 is 4.47. The molecule has 0 amide bonds. The van der Waals surface area contributed by atoms with E-state index >= 15 is 0 Å². The molecule has 1 aliphatic rings. The fourth-order valence-corrected chi connectivity index (χ4v) is 7.29. The van der Waals surface area contributed by atoms with Crippen molar-refractivity contribution in [1.82, 2.24) is 9.13 Å². The molecule has 4 aromatic carbocycles. The van der Waals surface area contributed by atoms with Gasteiger partial charge in [0, 0.05) is 39.0 Å². The molecule has 49 heavy (non-hydrogen) atoms. The number of anilines is 1. The summed E-state index contributed by atoms with van der Waals surface area (Å²) in [6.45, 7) is 10.1. The van der Waals surface area contributed by atoms with Crippen LogP contribution < -0.4 is 5.32 Å². The van der Waals surface area contributed by atoms with Crippen molar-refractivity contribution >= 4 is 45.2 Å². The maximum atomic E-state index is 10.6. The van der Waals surface area contributed by atoms with Gasteiger partial charge in [0.15, 0.2) is 0 Å². The van der Waals surface area contributed by atoms with E-state index in [-0.39, 0.29) is 0 Å². The first-order chi connectivity index (χ1) is 24.1. The summed E-state index contributed by atoms with van der Waals surface area (Å²) in [6, 6.07) is 35.6. The summed E-state index contributed by atoms with van der Waals surface area (Å²) in [4.78, 5) is 0. The number of nitriles is 2. The molecule has 1 N–H and O–H groups in total. The molecular formula is C44H35N5. The standard InChI is InChI=1S/C44H35N5/c1-4-7-9-20-34-37(26-27-42-43(34)35-21-13-15-23-41(35)48(42)31-17-10-8-11-18-31)47-38-25-24-30(28-45)36(29-46)44(38)49-39(6-3)32(16-5-2)33-19-12-14-22-40(33)49/h4-19,21-25,47H,1,3,20,26-27H2,2H3/b9-7-,16-5-. The van der Waals surface area contributed by atoms with Gasteiger partial charge >= 0.3 is 0 Å². The number of nitrogens with one attached hydrogen (secondary N) is 1. The Morgan fingerprint density at radius 3 is 2.22 bits per heavy atom. The van der Waals surface area contributed by atoms with Crippen LogP contribution in [0.25, 0.3) is 50.9 Å². The number of hydrogen-bond donors (Lipinski definition) is 1. The average Bonchev–Trinajstić information content (AvgIpc) is 3.65. The Hall–Kier alpha value is -6.56. The van der Waals surface area contributed by atoms with Crippen molar-refractivity contribution in [1.29, 1.82) is 10.5 Å². The SMILES string of the molecule is C=C/C=C\CC1=C(Nc2ccc(C#N)c(C#N)c2-n2c(C=C)c(/C=C\C)c3ccccc32)CCc2c1c1ccccc1n2-c1ccccc1. The van der Waals surface area contributed by atoms with Gasteiger partial charge in [-0.1, -0.05) is 98.1 Å². The van der Waals surface area contributed by atoms with Gasteiger partial charge in [-0.05, 0) is 74.2 Å². The zero-order valence-electron chi connectivity index (χ0n) is 27.4. The molecule has 6 aromatic rings. The molecule has 236 valence electrons. The first kappa shape index (κ1) is 31.1. The van der Waals surface area contributed by atoms with Crippen LogP contribution in [0.3, 0.4) is 0 Å². The van der Waals surface area contributed by atoms with Crippen LogP contribution in [-0.4, -0.2) is 9.13 Å². The van der Waals surface area contributed by atoms with Gasteiger partial charge in [-0.2, -0.15) is 10.5 Å². The van der Waals surface area contributed by atoms with E-state index in [4.69, 9.17) is 0 Å². The van der Waals surface area contributed by atoms with E-state index in [1.54, 1.807) is 12.1 Å². The van der Waals surface area contributed by atoms with E-state index in [9.17, 15) is 10.5 Å². The van der Waals surface area contributed by atoms with Crippen LogP contribution in [0.1, 0.15) is 53.4 Å². The lowest BCUT2D eigenvalue weighted by Gasteiger charge is -2.26. The third kappa shape index (κ3) is 5.19. The molecule has 0 atom stereocenters. The van der Waals surface area contributed by atoms with Crippen molar-refractivity contribution in [2.45, 2.75) is 26.2 Å². The number of hydrogen-bond acceptors (Lipinski definition) is 3. The molecule has 1 aliphatic carbocycles. The molecular weight excluding hydrogens is 599 g/mol. The van der Waals surface area contributed by atoms with E-state index in [1.807, 2.05) is 49.4 Å². The predicted molar refractivity (Wildman–Crippen MR) is 204 cm³/mol. The van der Waals surface area contributed by atoms with Crippen molar-refractivity contribution < 1.29 is 0 Å². The monoisotopic (exact) mass is 633 g/mol. The van der Waals surface area contributed by atoms with Crippen LogP contribution in [0.5, 0.6) is 0 Å². The van der Waals surface area contributed by atoms with Gasteiger partial charge in [-0.15, -0.1) is 0 Å². The van der Waals surface area contributed by atoms with Crippen molar-refractivity contribution in [2.24, 2.45) is 0 Å². The minimum atomic E-state index is 0.314. The molecule has 0 saturated heterocycles. The molecule has 5 heteroatoms. The number of benzene rings is 4. The van der Waals surface area contributed by atoms with Crippen LogP contribution >= 0.6 is 0 Å². The fourth-order valence-electron chi connectivity index (χ4n) is 7.29. The molecule has 2 aromatic heterocycles. The Morgan fingerprint density at radius 1 is 0.816 bits per heavy atom. The van der Waals surface area contributed by atoms with Crippen LogP contribution in [0.2, 0.25) is 0 Å². The van der Waals surface area contributed by atoms with Crippen molar-refractivity contribution in [2.75, 3.05) is 5.32 Å². The first-order valence-electron chi connectivity index (χ1n) is 16.5. The maximum absolute atomic E-state index is 10.6. The van der Waals surface area contributed by atoms with Gasteiger partial charge in [-0.25, -0.2) is 0 Å². The zero-order valence-corrected chi connectivity index (χ0v) is 27.4. The number of para-hydroxylation sites is 3. The molecule has 0 aliphatic heterocycles. The highest BCUT2D eigenvalue weighted by atomic mass is 15.0. The van der Waals surface area contributed by atoms with Gasteiger partial charge in [0.1, 0.15) is 12.1 Å². The summed E-state index contributed by atoms with van der Waals surface area (Å²) in [6.07, 6.45) is 14.1. The average molecular weight is 634 g/mol. The number of aromatic nitrogens is 2. The van der Waals surface area contributed by atoms with E-state index in [2.05, 4.69) is 113 Å². The molecule has 5 nitrogen and oxygen atoms in total. The lowest BCUT2D eigenvalue weighted by atomic mass is 9.89. The molecule has 0 unspecified atom stereocenters. The third-order valence-corrected chi connectivity index (χ3v) is 9.26. The van der Waals surface area contributed by atoms with Crippen molar-refractivity contribution in [3.05, 3.63) is 168 Å². The highest BCUT2D eigenvalue weighted by molar-refractivity contribution is 5.99. The Morgan fingerprint density at radius 2 is 1.53 bits per heavy atom. The third-order valence-electron chi connectivity index (χ3n) is 9.26. The highest BCUT2D eigenvalue weighted by Gasteiger charge is 2.28. The number of fused-ring (bicyclic) bond motifs is 4. The lowest BCUT2D eigenvalue weighted by molar-refractivity contribution is 0.848. The van der Waals surface area contributed by atoms with Gasteiger partial charge < -0.3 is 14.5 Å². The second-order valence-corrected chi connectivity index (χ2v) is 11.9. The van der Waals surface area contributed by atoms with Crippen molar-refractivity contribution in [3.63, 3.8) is 0 Å². The highest BCUT2D eigenvalue weighted by Crippen LogP contribution is 2.44. The lowest BCUT2D eigenvalue weighted by Crippen LogP contribution is -2.15. The zero-order chi connectivity index (χ0) is 33.9. The van der Waals surface area contributed by atoms with Crippen LogP contribution in [-0.2, 0) is 6.42 Å². The molecule has 0 bridgehead atoms. The molecule has 7 rings (SSSR count). The van der Waals surface area contributed by atoms with Crippen LogP contribution in [0.15, 0.2) is 134 Å². The first-order valence-corrected chi connectivity index (χ1v) is 16.5. The topological polar surface area (TPSA) is 69.5 Å². The quantitative estimate of drug-likeness (QED) is 0.161. The Kier molecular flexibility index (Phi) is 8.42. The molecule has 0 radical (unpaired) electrons. The minimum Gasteiger partial charge on any atom is -0.357 e.